The van der Waals surface area contributed by atoms with Crippen molar-refractivity contribution < 1.29 is 9.90 Å². The zero-order chi connectivity index (χ0) is 13.9. The van der Waals surface area contributed by atoms with Crippen molar-refractivity contribution in [3.63, 3.8) is 0 Å². The number of thiazole rings is 1. The second-order valence-corrected chi connectivity index (χ2v) is 5.31. The fourth-order valence-corrected chi connectivity index (χ4v) is 2.74. The molecule has 98 valence electrons. The second kappa shape index (κ2) is 5.27. The molecule has 3 nitrogen and oxygen atoms in total. The summed E-state index contributed by atoms with van der Waals surface area (Å²) in [4.78, 5) is 16.4. The van der Waals surface area contributed by atoms with Gasteiger partial charge < -0.3 is 5.11 Å². The molecule has 0 saturated carbocycles. The summed E-state index contributed by atoms with van der Waals surface area (Å²) in [7, 11) is 0. The van der Waals surface area contributed by atoms with E-state index in [4.69, 9.17) is 0 Å². The molecule has 4 heteroatoms. The molecule has 0 fully saturated rings. The van der Waals surface area contributed by atoms with Gasteiger partial charge in [0.05, 0.1) is 10.2 Å². The zero-order valence-corrected chi connectivity index (χ0v) is 11.3. The number of benzene rings is 2. The maximum Gasteiger partial charge on any atom is 0.214 e. The highest BCUT2D eigenvalue weighted by molar-refractivity contribution is 7.20. The second-order valence-electron chi connectivity index (χ2n) is 4.28. The fourth-order valence-electron chi connectivity index (χ4n) is 1.85. The van der Waals surface area contributed by atoms with Gasteiger partial charge in [-0.2, -0.15) is 0 Å². The Morgan fingerprint density at radius 3 is 2.80 bits per heavy atom. The number of allylic oxidation sites excluding steroid dienone is 1. The quantitative estimate of drug-likeness (QED) is 0.585. The lowest BCUT2D eigenvalue weighted by molar-refractivity contribution is 0.104. The van der Waals surface area contributed by atoms with Crippen LogP contribution in [0.2, 0.25) is 0 Å². The number of hydrogen-bond acceptors (Lipinski definition) is 4. The van der Waals surface area contributed by atoms with Crippen LogP contribution in [0.1, 0.15) is 15.4 Å². The maximum absolute atomic E-state index is 12.1. The van der Waals surface area contributed by atoms with Crippen molar-refractivity contribution in [3.05, 3.63) is 65.2 Å². The van der Waals surface area contributed by atoms with Crippen molar-refractivity contribution >= 4 is 33.4 Å². The van der Waals surface area contributed by atoms with E-state index in [0.717, 1.165) is 15.8 Å². The van der Waals surface area contributed by atoms with E-state index in [1.165, 1.54) is 17.4 Å². The lowest BCUT2D eigenvalue weighted by Crippen LogP contribution is -1.91. The highest BCUT2D eigenvalue weighted by Gasteiger charge is 2.08. The molecule has 2 aromatic carbocycles. The number of hydrogen-bond donors (Lipinski definition) is 1. The number of ketones is 1. The molecule has 0 saturated heterocycles. The Morgan fingerprint density at radius 2 is 2.00 bits per heavy atom. The van der Waals surface area contributed by atoms with E-state index >= 15 is 0 Å². The van der Waals surface area contributed by atoms with Gasteiger partial charge in [0.2, 0.25) is 5.78 Å². The lowest BCUT2D eigenvalue weighted by Gasteiger charge is -1.93. The Morgan fingerprint density at radius 1 is 1.15 bits per heavy atom. The van der Waals surface area contributed by atoms with E-state index in [9.17, 15) is 9.90 Å². The SMILES string of the molecule is O=C(C=Cc1cccc(O)c1)c1nc2ccccc2s1. The average molecular weight is 281 g/mol. The van der Waals surface area contributed by atoms with E-state index in [1.54, 1.807) is 24.3 Å². The van der Waals surface area contributed by atoms with Crippen LogP contribution in [0.4, 0.5) is 0 Å². The molecule has 1 aromatic heterocycles. The molecule has 3 aromatic rings. The van der Waals surface area contributed by atoms with E-state index in [2.05, 4.69) is 4.98 Å². The molecule has 1 N–H and O–H groups in total. The summed E-state index contributed by atoms with van der Waals surface area (Å²) in [6.07, 6.45) is 3.15. The van der Waals surface area contributed by atoms with Crippen LogP contribution >= 0.6 is 11.3 Å². The number of phenolic OH excluding ortho intramolecular Hbond substituents is 1. The van der Waals surface area contributed by atoms with Crippen molar-refractivity contribution in [3.8, 4) is 5.75 Å². The van der Waals surface area contributed by atoms with Crippen LogP contribution in [0.5, 0.6) is 5.75 Å². The number of para-hydroxylation sites is 1. The van der Waals surface area contributed by atoms with Gasteiger partial charge in [-0.1, -0.05) is 30.3 Å². The molecule has 1 heterocycles. The van der Waals surface area contributed by atoms with Gasteiger partial charge in [-0.05, 0) is 35.9 Å². The third-order valence-corrected chi connectivity index (χ3v) is 3.85. The van der Waals surface area contributed by atoms with E-state index in [-0.39, 0.29) is 11.5 Å². The minimum atomic E-state index is -0.130. The van der Waals surface area contributed by atoms with Crippen molar-refractivity contribution in [1.29, 1.82) is 0 Å². The zero-order valence-electron chi connectivity index (χ0n) is 10.5. The van der Waals surface area contributed by atoms with Crippen LogP contribution in [0.25, 0.3) is 16.3 Å². The van der Waals surface area contributed by atoms with Gasteiger partial charge in [0, 0.05) is 0 Å². The molecular weight excluding hydrogens is 270 g/mol. The van der Waals surface area contributed by atoms with E-state index in [0.29, 0.717) is 5.01 Å². The molecule has 0 bridgehead atoms. The minimum Gasteiger partial charge on any atom is -0.508 e. The summed E-state index contributed by atoms with van der Waals surface area (Å²) < 4.78 is 1.00. The maximum atomic E-state index is 12.1. The topological polar surface area (TPSA) is 50.2 Å². The normalized spacial score (nSPS) is 11.2. The molecule has 0 amide bonds. The summed E-state index contributed by atoms with van der Waals surface area (Å²) in [5, 5.41) is 9.84. The number of carbonyl (C=O) groups is 1. The lowest BCUT2D eigenvalue weighted by atomic mass is 10.2. The van der Waals surface area contributed by atoms with Crippen molar-refractivity contribution in [2.45, 2.75) is 0 Å². The predicted molar refractivity (Wildman–Crippen MR) is 81.1 cm³/mol. The number of carbonyl (C=O) groups excluding carboxylic acids is 1. The van der Waals surface area contributed by atoms with E-state index < -0.39 is 0 Å². The fraction of sp³-hybridized carbons (Fsp3) is 0. The molecule has 0 aliphatic rings. The van der Waals surface area contributed by atoms with Gasteiger partial charge in [0.15, 0.2) is 5.01 Å². The van der Waals surface area contributed by atoms with Gasteiger partial charge in [0.1, 0.15) is 5.75 Å². The largest absolute Gasteiger partial charge is 0.508 e. The van der Waals surface area contributed by atoms with Crippen molar-refractivity contribution in [2.75, 3.05) is 0 Å². The summed E-state index contributed by atoms with van der Waals surface area (Å²) in [6.45, 7) is 0. The van der Waals surface area contributed by atoms with Gasteiger partial charge in [-0.3, -0.25) is 4.79 Å². The molecule has 0 spiro atoms. The Bertz CT molecular complexity index is 772. The van der Waals surface area contributed by atoms with Crippen molar-refractivity contribution in [1.82, 2.24) is 4.98 Å². The van der Waals surface area contributed by atoms with Crippen molar-refractivity contribution in [2.24, 2.45) is 0 Å². The first-order valence-electron chi connectivity index (χ1n) is 6.09. The molecular formula is C16H11NO2S. The van der Waals surface area contributed by atoms with Crippen LogP contribution in [-0.4, -0.2) is 15.9 Å². The number of rotatable bonds is 3. The number of nitrogens with zero attached hydrogens (tertiary/aromatic N) is 1. The van der Waals surface area contributed by atoms with Gasteiger partial charge in [-0.25, -0.2) is 4.98 Å². The first-order valence-corrected chi connectivity index (χ1v) is 6.91. The van der Waals surface area contributed by atoms with E-state index in [1.807, 2.05) is 30.3 Å². The number of fused-ring (bicyclic) bond motifs is 1. The van der Waals surface area contributed by atoms with Crippen LogP contribution < -0.4 is 0 Å². The Kier molecular flexibility index (Phi) is 3.31. The minimum absolute atomic E-state index is 0.130. The molecule has 0 radical (unpaired) electrons. The Hall–Kier alpha value is -2.46. The van der Waals surface area contributed by atoms with Gasteiger partial charge in [0.25, 0.3) is 0 Å². The smallest absolute Gasteiger partial charge is 0.214 e. The first-order chi connectivity index (χ1) is 9.72. The van der Waals surface area contributed by atoms with Crippen LogP contribution in [0.15, 0.2) is 54.6 Å². The molecule has 0 unspecified atom stereocenters. The number of phenols is 1. The molecule has 0 aliphatic carbocycles. The third-order valence-electron chi connectivity index (χ3n) is 2.80. The Labute approximate surface area is 119 Å². The standard InChI is InChI=1S/C16H11NO2S/c18-12-5-3-4-11(10-12)8-9-14(19)16-17-13-6-1-2-7-15(13)20-16/h1-10,18H. The first kappa shape index (κ1) is 12.6. The number of aromatic nitrogens is 1. The van der Waals surface area contributed by atoms with Crippen LogP contribution in [-0.2, 0) is 0 Å². The summed E-state index contributed by atoms with van der Waals surface area (Å²) in [5.74, 6) is 0.0501. The van der Waals surface area contributed by atoms with Crippen LogP contribution in [0.3, 0.4) is 0 Å². The summed E-state index contributed by atoms with van der Waals surface area (Å²) >= 11 is 1.38. The Balaban J connectivity index is 1.85. The molecule has 0 atom stereocenters. The summed E-state index contributed by atoms with van der Waals surface area (Å²) in [6, 6.07) is 14.4. The monoisotopic (exact) mass is 281 g/mol. The number of aromatic hydroxyl groups is 1. The van der Waals surface area contributed by atoms with Gasteiger partial charge >= 0.3 is 0 Å². The highest BCUT2D eigenvalue weighted by atomic mass is 32.1. The summed E-state index contributed by atoms with van der Waals surface area (Å²) in [5.41, 5.74) is 1.62. The molecule has 20 heavy (non-hydrogen) atoms. The average Bonchev–Trinajstić information content (AvgIpc) is 2.89. The third kappa shape index (κ3) is 2.60. The molecule has 3 rings (SSSR count). The molecule has 0 aliphatic heterocycles. The highest BCUT2D eigenvalue weighted by Crippen LogP contribution is 2.22. The van der Waals surface area contributed by atoms with Gasteiger partial charge in [-0.15, -0.1) is 11.3 Å². The van der Waals surface area contributed by atoms with Crippen LogP contribution in [0, 0.1) is 0 Å². The predicted octanol–water partition coefficient (Wildman–Crippen LogP) is 3.90.